The van der Waals surface area contributed by atoms with Crippen LogP contribution in [-0.2, 0) is 0 Å². The number of benzene rings is 4. The Morgan fingerprint density at radius 1 is 0.441 bits per heavy atom. The van der Waals surface area contributed by atoms with Crippen LogP contribution < -0.4 is 4.74 Å². The summed E-state index contributed by atoms with van der Waals surface area (Å²) in [7, 11) is 0. The Hall–Kier alpha value is 1.000. The fourth-order valence-electron chi connectivity index (χ4n) is 3.30. The Morgan fingerprint density at radius 2 is 0.912 bits per heavy atom. The normalized spacial score (nSPS) is 11.1. The van der Waals surface area contributed by atoms with Crippen LogP contribution in [0.15, 0.2) is 94.9 Å². The Balaban J connectivity index is 2.12. The van der Waals surface area contributed by atoms with Crippen LogP contribution in [0.1, 0.15) is 0 Å². The van der Waals surface area contributed by atoms with Gasteiger partial charge in [0, 0.05) is 43.5 Å². The third kappa shape index (κ3) is 5.85. The molecule has 10 heteroatoms. The molecule has 0 unspecified atom stereocenters. The molecule has 34 heavy (non-hydrogen) atoms. The van der Waals surface area contributed by atoms with E-state index in [-0.39, 0.29) is 0 Å². The highest BCUT2D eigenvalue weighted by atomic mass is 79.9. The molecular formula is C24H9Br9O. The molecule has 0 aromatic heterocycles. The van der Waals surface area contributed by atoms with E-state index in [2.05, 4.69) is 156 Å². The van der Waals surface area contributed by atoms with Gasteiger partial charge in [0.15, 0.2) is 5.75 Å². The van der Waals surface area contributed by atoms with E-state index < -0.39 is 0 Å². The van der Waals surface area contributed by atoms with Crippen molar-refractivity contribution in [2.24, 2.45) is 0 Å². The highest BCUT2D eigenvalue weighted by Crippen LogP contribution is 2.55. The second-order valence-electron chi connectivity index (χ2n) is 6.95. The molecule has 0 atom stereocenters. The minimum Gasteiger partial charge on any atom is -0.454 e. The van der Waals surface area contributed by atoms with Crippen LogP contribution in [0.25, 0.3) is 22.3 Å². The van der Waals surface area contributed by atoms with Gasteiger partial charge in [-0.25, -0.2) is 0 Å². The van der Waals surface area contributed by atoms with Crippen LogP contribution in [0.2, 0.25) is 0 Å². The monoisotopic (exact) mass is 1020 g/mol. The van der Waals surface area contributed by atoms with E-state index in [1.54, 1.807) is 0 Å². The Bertz CT molecular complexity index is 1430. The van der Waals surface area contributed by atoms with Crippen molar-refractivity contribution in [3.05, 3.63) is 94.9 Å². The predicted molar refractivity (Wildman–Crippen MR) is 173 cm³/mol. The molecule has 0 aliphatic rings. The average molecular weight is 1030 g/mol. The zero-order valence-electron chi connectivity index (χ0n) is 16.5. The van der Waals surface area contributed by atoms with Gasteiger partial charge in [0.05, 0.1) is 13.4 Å². The lowest BCUT2D eigenvalue weighted by atomic mass is 9.93. The van der Waals surface area contributed by atoms with E-state index in [1.165, 1.54) is 0 Å². The SMILES string of the molecule is Brc1ccc(Oc2c(Br)c(Br)c(Br)c(-c3ccc(Br)cc3Br)c2-c2ccc(Br)cc2Br)c(Br)c1. The van der Waals surface area contributed by atoms with Gasteiger partial charge in [0.2, 0.25) is 0 Å². The van der Waals surface area contributed by atoms with E-state index in [9.17, 15) is 0 Å². The third-order valence-corrected chi connectivity index (χ3v) is 11.6. The maximum atomic E-state index is 6.60. The summed E-state index contributed by atoms with van der Waals surface area (Å²) in [4.78, 5) is 0. The van der Waals surface area contributed by atoms with Gasteiger partial charge in [-0.3, -0.25) is 0 Å². The largest absolute Gasteiger partial charge is 0.454 e. The molecule has 4 aromatic rings. The van der Waals surface area contributed by atoms with Crippen molar-refractivity contribution in [1.29, 1.82) is 0 Å². The molecule has 4 rings (SSSR count). The molecule has 0 radical (unpaired) electrons. The minimum absolute atomic E-state index is 0.672. The van der Waals surface area contributed by atoms with Crippen LogP contribution in [0.3, 0.4) is 0 Å². The minimum atomic E-state index is 0.672. The highest BCUT2D eigenvalue weighted by Gasteiger charge is 2.27. The maximum Gasteiger partial charge on any atom is 0.151 e. The van der Waals surface area contributed by atoms with Crippen molar-refractivity contribution in [1.82, 2.24) is 0 Å². The number of rotatable bonds is 4. The van der Waals surface area contributed by atoms with Crippen molar-refractivity contribution in [3.63, 3.8) is 0 Å². The predicted octanol–water partition coefficient (Wildman–Crippen LogP) is 13.7. The highest BCUT2D eigenvalue weighted by molar-refractivity contribution is 9.14. The van der Waals surface area contributed by atoms with E-state index in [4.69, 9.17) is 4.74 Å². The molecule has 0 amide bonds. The molecule has 0 heterocycles. The van der Waals surface area contributed by atoms with Gasteiger partial charge in [0.1, 0.15) is 5.75 Å². The second kappa shape index (κ2) is 11.8. The van der Waals surface area contributed by atoms with Crippen molar-refractivity contribution in [2.75, 3.05) is 0 Å². The lowest BCUT2D eigenvalue weighted by Crippen LogP contribution is -1.98. The molecule has 0 spiro atoms. The van der Waals surface area contributed by atoms with E-state index in [0.717, 1.165) is 62.5 Å². The Morgan fingerprint density at radius 3 is 1.41 bits per heavy atom. The van der Waals surface area contributed by atoms with Crippen molar-refractivity contribution in [3.8, 4) is 33.8 Å². The number of hydrogen-bond donors (Lipinski definition) is 0. The van der Waals surface area contributed by atoms with Crippen LogP contribution >= 0.6 is 143 Å². The summed E-state index contributed by atoms with van der Waals surface area (Å²) in [6, 6.07) is 18.1. The summed E-state index contributed by atoms with van der Waals surface area (Å²) < 4.78 is 14.8. The molecule has 4 aromatic carbocycles. The van der Waals surface area contributed by atoms with Gasteiger partial charge < -0.3 is 4.74 Å². The van der Waals surface area contributed by atoms with Crippen LogP contribution in [-0.4, -0.2) is 0 Å². The van der Waals surface area contributed by atoms with Crippen LogP contribution in [0.5, 0.6) is 11.5 Å². The average Bonchev–Trinajstić information content (AvgIpc) is 2.77. The van der Waals surface area contributed by atoms with E-state index in [1.807, 2.05) is 42.5 Å². The quantitative estimate of drug-likeness (QED) is 0.185. The smallest absolute Gasteiger partial charge is 0.151 e. The molecule has 0 aliphatic carbocycles. The summed E-state index contributed by atoms with van der Waals surface area (Å²) in [5.74, 6) is 1.36. The van der Waals surface area contributed by atoms with Gasteiger partial charge in [-0.05, 0) is 112 Å². The summed E-state index contributed by atoms with van der Waals surface area (Å²) >= 11 is 33.2. The maximum absolute atomic E-state index is 6.60. The lowest BCUT2D eigenvalue weighted by molar-refractivity contribution is 0.478. The number of hydrogen-bond acceptors (Lipinski definition) is 1. The first-order valence-corrected chi connectivity index (χ1v) is 16.5. The molecule has 0 N–H and O–H groups in total. The Labute approximate surface area is 273 Å². The zero-order chi connectivity index (χ0) is 24.7. The topological polar surface area (TPSA) is 9.23 Å². The summed E-state index contributed by atoms with van der Waals surface area (Å²) in [5, 5.41) is 0. The fourth-order valence-corrected chi connectivity index (χ4v) is 8.65. The molecular weight excluding hydrogens is 1020 g/mol. The van der Waals surface area contributed by atoms with Crippen LogP contribution in [0.4, 0.5) is 0 Å². The van der Waals surface area contributed by atoms with Crippen molar-refractivity contribution >= 4 is 143 Å². The number of ether oxygens (including phenoxy) is 1. The second-order valence-corrected chi connectivity index (χ2v) is 14.6. The lowest BCUT2D eigenvalue weighted by Gasteiger charge is -2.23. The summed E-state index contributed by atoms with van der Waals surface area (Å²) in [6.07, 6.45) is 0. The van der Waals surface area contributed by atoms with Crippen molar-refractivity contribution in [2.45, 2.75) is 0 Å². The van der Waals surface area contributed by atoms with E-state index >= 15 is 0 Å². The standard InChI is InChI=1S/C24H9Br9O/c25-10-1-4-13(15(28)7-10)19-20(14-5-2-11(26)8-16(14)29)24(23(33)22(32)21(19)31)34-18-6-3-12(27)9-17(18)30/h1-9H. The molecule has 0 fully saturated rings. The first-order valence-electron chi connectivity index (χ1n) is 9.32. The van der Waals surface area contributed by atoms with Gasteiger partial charge in [-0.15, -0.1) is 0 Å². The zero-order valence-corrected chi connectivity index (χ0v) is 30.8. The van der Waals surface area contributed by atoms with Crippen LogP contribution in [0, 0.1) is 0 Å². The first kappa shape index (κ1) is 28.0. The van der Waals surface area contributed by atoms with Gasteiger partial charge in [-0.1, -0.05) is 91.8 Å². The fraction of sp³-hybridized carbons (Fsp3) is 0. The van der Waals surface area contributed by atoms with Crippen molar-refractivity contribution < 1.29 is 4.74 Å². The van der Waals surface area contributed by atoms with Gasteiger partial charge in [-0.2, -0.15) is 0 Å². The van der Waals surface area contributed by atoms with E-state index in [0.29, 0.717) is 11.5 Å². The summed E-state index contributed by atoms with van der Waals surface area (Å²) in [5.41, 5.74) is 3.87. The molecule has 174 valence electrons. The van der Waals surface area contributed by atoms with Gasteiger partial charge >= 0.3 is 0 Å². The first-order chi connectivity index (χ1) is 16.1. The third-order valence-electron chi connectivity index (χ3n) is 4.79. The molecule has 0 saturated heterocycles. The number of halogens is 9. The Kier molecular flexibility index (Phi) is 9.73. The molecule has 0 saturated carbocycles. The molecule has 0 bridgehead atoms. The summed E-state index contributed by atoms with van der Waals surface area (Å²) in [6.45, 7) is 0. The molecule has 1 nitrogen and oxygen atoms in total. The molecule has 0 aliphatic heterocycles. The van der Waals surface area contributed by atoms with Gasteiger partial charge in [0.25, 0.3) is 0 Å².